The predicted octanol–water partition coefficient (Wildman–Crippen LogP) is 17.9. The first-order chi connectivity index (χ1) is 35.9. The van der Waals surface area contributed by atoms with Crippen LogP contribution in [0.2, 0.25) is 0 Å². The largest absolute Gasteiger partial charge is 0.494 e. The van der Waals surface area contributed by atoms with Crippen LogP contribution in [0.15, 0.2) is 30.6 Å². The molecule has 1 N–H and O–H groups in total. The van der Waals surface area contributed by atoms with Crippen LogP contribution in [0.5, 0.6) is 5.75 Å². The molecule has 3 aliphatic rings. The zero-order chi connectivity index (χ0) is 51.0. The molecule has 2 aromatic heterocycles. The summed E-state index contributed by atoms with van der Waals surface area (Å²) in [4.78, 5) is 26.7. The van der Waals surface area contributed by atoms with Crippen LogP contribution in [0.1, 0.15) is 263 Å². The molecule has 3 aromatic rings. The van der Waals surface area contributed by atoms with Crippen molar-refractivity contribution >= 4 is 23.0 Å². The molecule has 1 spiro atoms. The Morgan fingerprint density at radius 1 is 0.589 bits per heavy atom. The number of fused-ring (bicyclic) bond motifs is 1. The van der Waals surface area contributed by atoms with Crippen LogP contribution in [0.25, 0.3) is 11.3 Å². The summed E-state index contributed by atoms with van der Waals surface area (Å²) < 4.78 is 7.99. The molecule has 2 fully saturated rings. The molecule has 0 aliphatic carbocycles. The van der Waals surface area contributed by atoms with Gasteiger partial charge in [0.15, 0.2) is 0 Å². The van der Waals surface area contributed by atoms with Gasteiger partial charge in [0.2, 0.25) is 5.95 Å². The van der Waals surface area contributed by atoms with Crippen molar-refractivity contribution in [2.75, 3.05) is 50.6 Å². The third-order valence-electron chi connectivity index (χ3n) is 17.0. The Labute approximate surface area is 444 Å². The molecule has 2 saturated heterocycles. The van der Waals surface area contributed by atoms with E-state index in [0.717, 1.165) is 63.1 Å². The molecule has 0 bridgehead atoms. The van der Waals surface area contributed by atoms with Crippen molar-refractivity contribution in [2.24, 2.45) is 5.41 Å². The fourth-order valence-electron chi connectivity index (χ4n) is 12.5. The van der Waals surface area contributed by atoms with Crippen LogP contribution < -0.4 is 15.0 Å². The van der Waals surface area contributed by atoms with Gasteiger partial charge in [-0.3, -0.25) is 14.8 Å². The fourth-order valence-corrected chi connectivity index (χ4v) is 12.5. The fraction of sp³-hybridized carbons (Fsp3) is 0.790. The van der Waals surface area contributed by atoms with Gasteiger partial charge >= 0.3 is 0 Å². The van der Waals surface area contributed by atoms with Gasteiger partial charge < -0.3 is 19.9 Å². The summed E-state index contributed by atoms with van der Waals surface area (Å²) in [5, 5.41) is 20.7. The maximum atomic E-state index is 12.8. The maximum absolute atomic E-state index is 12.8. The number of benzene rings is 1. The van der Waals surface area contributed by atoms with Gasteiger partial charge in [-0.2, -0.15) is 5.10 Å². The molecular weight excluding hydrogens is 905 g/mol. The molecule has 1 aromatic carbocycles. The molecule has 0 atom stereocenters. The summed E-state index contributed by atoms with van der Waals surface area (Å²) in [6.07, 6.45) is 59.8. The Hall–Kier alpha value is -3.73. The van der Waals surface area contributed by atoms with Gasteiger partial charge in [-0.15, -0.1) is 0 Å². The van der Waals surface area contributed by atoms with E-state index in [1.54, 1.807) is 19.4 Å². The number of aryl methyl sites for hydroxylation is 1. The number of hydrogen-bond donors (Lipinski definition) is 1. The Morgan fingerprint density at radius 3 is 1.53 bits per heavy atom. The highest BCUT2D eigenvalue weighted by molar-refractivity contribution is 5.78. The molecule has 0 saturated carbocycles. The van der Waals surface area contributed by atoms with Crippen molar-refractivity contribution in [3.05, 3.63) is 46.4 Å². The standard InChI is InChI=1S/C62H104N8O3/c1-67-46-38-35-33-31-29-27-25-23-21-19-17-15-13-11-9-7-5-3-4-6-8-10-12-14-16-18-20-22-24-26-28-30-32-34-37-43-62(44-40-47-67)52-68(53-62)58-50-60(73-2)56(49-59(58)70(71)72)66-61-63-45-42-55(65-61)54-51-64-69-48-39-36-41-57(54)69/h42,45,49-51H,3-41,43-44,46-48,52-53H2,1-2H3,(H,63,65,66). The Kier molecular flexibility index (Phi) is 27.9. The predicted molar refractivity (Wildman–Crippen MR) is 307 cm³/mol. The first kappa shape index (κ1) is 58.5. The summed E-state index contributed by atoms with van der Waals surface area (Å²) in [6.45, 7) is 4.90. The zero-order valence-electron chi connectivity index (χ0n) is 46.8. The average Bonchev–Trinajstić information content (AvgIpc) is 3.82. The topological polar surface area (TPSA) is 114 Å². The van der Waals surface area contributed by atoms with Crippen LogP contribution in [0, 0.1) is 15.5 Å². The monoisotopic (exact) mass is 1010 g/mol. The minimum Gasteiger partial charge on any atom is -0.494 e. The first-order valence-corrected chi connectivity index (χ1v) is 30.9. The number of aromatic nitrogens is 4. The number of hydrogen-bond acceptors (Lipinski definition) is 9. The van der Waals surface area contributed by atoms with Gasteiger partial charge in [0.1, 0.15) is 11.4 Å². The highest BCUT2D eigenvalue weighted by Crippen LogP contribution is 2.48. The van der Waals surface area contributed by atoms with Gasteiger partial charge in [0, 0.05) is 54.6 Å². The van der Waals surface area contributed by atoms with Crippen LogP contribution in [0.4, 0.5) is 23.0 Å². The van der Waals surface area contributed by atoms with E-state index < -0.39 is 0 Å². The first-order valence-electron chi connectivity index (χ1n) is 30.9. The second kappa shape index (κ2) is 34.8. The van der Waals surface area contributed by atoms with Crippen molar-refractivity contribution in [1.82, 2.24) is 24.6 Å². The second-order valence-corrected chi connectivity index (χ2v) is 23.3. The summed E-state index contributed by atoms with van der Waals surface area (Å²) in [7, 11) is 3.93. The number of anilines is 3. The summed E-state index contributed by atoms with van der Waals surface area (Å²) in [6, 6.07) is 5.36. The molecule has 0 unspecified atom stereocenters. The maximum Gasteiger partial charge on any atom is 0.294 e. The molecule has 11 heteroatoms. The van der Waals surface area contributed by atoms with E-state index in [9.17, 15) is 10.1 Å². The van der Waals surface area contributed by atoms with Gasteiger partial charge in [0.25, 0.3) is 5.69 Å². The van der Waals surface area contributed by atoms with Gasteiger partial charge in [-0.1, -0.05) is 218 Å². The normalized spacial score (nSPS) is 21.4. The molecule has 0 radical (unpaired) electrons. The number of nitro groups is 1. The Balaban J connectivity index is 0.976. The van der Waals surface area contributed by atoms with E-state index in [0.29, 0.717) is 23.1 Å². The number of nitro benzene ring substituents is 1. The Bertz CT molecular complexity index is 1950. The average molecular weight is 1010 g/mol. The lowest BCUT2D eigenvalue weighted by molar-refractivity contribution is -0.384. The van der Waals surface area contributed by atoms with Gasteiger partial charge in [-0.05, 0) is 71.1 Å². The third-order valence-corrected chi connectivity index (χ3v) is 17.0. The summed E-state index contributed by atoms with van der Waals surface area (Å²) in [5.74, 6) is 0.909. The lowest BCUT2D eigenvalue weighted by Crippen LogP contribution is -2.56. The van der Waals surface area contributed by atoms with E-state index in [-0.39, 0.29) is 16.0 Å². The van der Waals surface area contributed by atoms with Crippen molar-refractivity contribution in [3.8, 4) is 17.0 Å². The number of methoxy groups -OCH3 is 1. The molecule has 73 heavy (non-hydrogen) atoms. The second-order valence-electron chi connectivity index (χ2n) is 23.3. The van der Waals surface area contributed by atoms with Crippen LogP contribution in [-0.2, 0) is 13.0 Å². The van der Waals surface area contributed by atoms with Crippen LogP contribution in [-0.4, -0.2) is 69.9 Å². The van der Waals surface area contributed by atoms with Crippen molar-refractivity contribution in [1.29, 1.82) is 0 Å². The van der Waals surface area contributed by atoms with Crippen molar-refractivity contribution in [3.63, 3.8) is 0 Å². The quantitative estimate of drug-likeness (QED) is 0.190. The van der Waals surface area contributed by atoms with Gasteiger partial charge in [-0.25, -0.2) is 9.97 Å². The Morgan fingerprint density at radius 2 is 1.04 bits per heavy atom. The minimum atomic E-state index is -0.248. The summed E-state index contributed by atoms with van der Waals surface area (Å²) >= 11 is 0. The van der Waals surface area contributed by atoms with E-state index in [4.69, 9.17) is 9.72 Å². The number of rotatable bonds is 6. The van der Waals surface area contributed by atoms with Gasteiger partial charge in [0.05, 0.1) is 29.6 Å². The van der Waals surface area contributed by atoms with E-state index >= 15 is 0 Å². The molecular formula is C62H104N8O3. The van der Waals surface area contributed by atoms with E-state index in [1.807, 2.05) is 18.3 Å². The highest BCUT2D eigenvalue weighted by atomic mass is 16.6. The molecule has 11 nitrogen and oxygen atoms in total. The zero-order valence-corrected chi connectivity index (χ0v) is 46.8. The molecule has 6 rings (SSSR count). The lowest BCUT2D eigenvalue weighted by Gasteiger charge is -2.52. The van der Waals surface area contributed by atoms with E-state index in [2.05, 4.69) is 36.9 Å². The van der Waals surface area contributed by atoms with E-state index in [1.165, 1.54) is 250 Å². The number of nitrogens with zero attached hydrogens (tertiary/aromatic N) is 7. The smallest absolute Gasteiger partial charge is 0.294 e. The summed E-state index contributed by atoms with van der Waals surface area (Å²) in [5.41, 5.74) is 4.36. The third kappa shape index (κ3) is 21.4. The molecule has 5 heterocycles. The molecule has 410 valence electrons. The number of ether oxygens (including phenoxy) is 1. The van der Waals surface area contributed by atoms with Crippen molar-refractivity contribution in [2.45, 2.75) is 270 Å². The van der Waals surface area contributed by atoms with Crippen LogP contribution >= 0.6 is 0 Å². The van der Waals surface area contributed by atoms with Crippen molar-refractivity contribution < 1.29 is 9.66 Å². The molecule has 0 amide bonds. The highest BCUT2D eigenvalue weighted by Gasteiger charge is 2.44. The SMILES string of the molecule is COc1cc(N2CC3(CCCCCCCCCCCCCCCCCCCCCCCCCCCCCCCCCCCCCN(C)CCC3)C2)c([N+](=O)[O-])cc1Nc1nccc(-c2cnn3c2CCCC3)n1. The lowest BCUT2D eigenvalue weighted by atomic mass is 9.71. The minimum absolute atomic E-state index is 0.0804. The van der Waals surface area contributed by atoms with Crippen LogP contribution in [0.3, 0.4) is 0 Å². The number of nitrogens with one attached hydrogen (secondary N) is 1. The molecule has 3 aliphatic heterocycles.